The van der Waals surface area contributed by atoms with Crippen LogP contribution in [0.3, 0.4) is 0 Å². The van der Waals surface area contributed by atoms with Gasteiger partial charge in [-0.05, 0) is 37.8 Å². The Bertz CT molecular complexity index is 482. The summed E-state index contributed by atoms with van der Waals surface area (Å²) < 4.78 is 5.36. The van der Waals surface area contributed by atoms with Crippen LogP contribution in [0, 0.1) is 5.92 Å². The predicted octanol–water partition coefficient (Wildman–Crippen LogP) is 1.45. The second-order valence-corrected chi connectivity index (χ2v) is 5.57. The molecule has 1 aromatic rings. The van der Waals surface area contributed by atoms with Crippen molar-refractivity contribution in [3.8, 4) is 0 Å². The van der Waals surface area contributed by atoms with Crippen molar-refractivity contribution in [2.75, 3.05) is 31.2 Å². The zero-order valence-electron chi connectivity index (χ0n) is 11.8. The number of aromatic nitrogens is 1. The number of anilines is 1. The van der Waals surface area contributed by atoms with Gasteiger partial charge in [0.25, 0.3) is 5.91 Å². The van der Waals surface area contributed by atoms with E-state index in [2.05, 4.69) is 22.1 Å². The van der Waals surface area contributed by atoms with Crippen LogP contribution in [0.15, 0.2) is 18.3 Å². The minimum absolute atomic E-state index is 0.0148. The van der Waals surface area contributed by atoms with Gasteiger partial charge in [-0.3, -0.25) is 4.79 Å². The molecule has 0 radical (unpaired) electrons. The molecule has 2 heterocycles. The van der Waals surface area contributed by atoms with E-state index >= 15 is 0 Å². The van der Waals surface area contributed by atoms with Gasteiger partial charge in [-0.1, -0.05) is 0 Å². The van der Waals surface area contributed by atoms with Crippen molar-refractivity contribution in [1.29, 1.82) is 0 Å². The van der Waals surface area contributed by atoms with Crippen molar-refractivity contribution in [1.82, 2.24) is 10.3 Å². The molecule has 1 aromatic heterocycles. The number of ether oxygens (including phenoxy) is 1. The van der Waals surface area contributed by atoms with Gasteiger partial charge in [0.05, 0.1) is 18.8 Å². The Morgan fingerprint density at radius 1 is 1.45 bits per heavy atom. The highest BCUT2D eigenvalue weighted by Crippen LogP contribution is 2.32. The Balaban J connectivity index is 1.75. The number of carbonyl (C=O) groups is 1. The number of pyridine rings is 1. The number of hydrogen-bond donors (Lipinski definition) is 1. The SMILES string of the molecule is CC(NC(=O)c1cccnc1N1CCOCC1)C1CC1. The van der Waals surface area contributed by atoms with Crippen molar-refractivity contribution in [2.24, 2.45) is 5.92 Å². The maximum absolute atomic E-state index is 12.4. The molecule has 0 bridgehead atoms. The van der Waals surface area contributed by atoms with Crippen LogP contribution in [0.4, 0.5) is 5.82 Å². The van der Waals surface area contributed by atoms with E-state index in [1.54, 1.807) is 6.20 Å². The molecule has 1 saturated carbocycles. The van der Waals surface area contributed by atoms with E-state index in [9.17, 15) is 4.79 Å². The van der Waals surface area contributed by atoms with Crippen molar-refractivity contribution in [3.63, 3.8) is 0 Å². The Morgan fingerprint density at radius 2 is 2.20 bits per heavy atom. The number of nitrogens with zero attached hydrogens (tertiary/aromatic N) is 2. The third-order valence-electron chi connectivity index (χ3n) is 4.03. The Labute approximate surface area is 119 Å². The molecule has 108 valence electrons. The molecule has 5 nitrogen and oxygen atoms in total. The van der Waals surface area contributed by atoms with Crippen LogP contribution >= 0.6 is 0 Å². The molecular formula is C15H21N3O2. The van der Waals surface area contributed by atoms with E-state index in [0.717, 1.165) is 18.9 Å². The van der Waals surface area contributed by atoms with Gasteiger partial charge in [0, 0.05) is 25.3 Å². The van der Waals surface area contributed by atoms with E-state index in [1.165, 1.54) is 12.8 Å². The summed E-state index contributed by atoms with van der Waals surface area (Å²) in [6.45, 7) is 5.04. The molecule has 20 heavy (non-hydrogen) atoms. The lowest BCUT2D eigenvalue weighted by molar-refractivity contribution is 0.0934. The monoisotopic (exact) mass is 275 g/mol. The minimum Gasteiger partial charge on any atom is -0.378 e. The standard InChI is InChI=1S/C15H21N3O2/c1-11(12-4-5-12)17-15(19)13-3-2-6-16-14(13)18-7-9-20-10-8-18/h2-3,6,11-12H,4-5,7-10H2,1H3,(H,17,19). The Hall–Kier alpha value is -1.62. The first kappa shape index (κ1) is 13.4. The topological polar surface area (TPSA) is 54.5 Å². The van der Waals surface area contributed by atoms with Crippen LogP contribution < -0.4 is 10.2 Å². The highest BCUT2D eigenvalue weighted by atomic mass is 16.5. The molecule has 1 unspecified atom stereocenters. The first-order valence-electron chi connectivity index (χ1n) is 7.34. The van der Waals surface area contributed by atoms with E-state index in [-0.39, 0.29) is 11.9 Å². The lowest BCUT2D eigenvalue weighted by Gasteiger charge is -2.29. The lowest BCUT2D eigenvalue weighted by atomic mass is 10.1. The zero-order chi connectivity index (χ0) is 13.9. The van der Waals surface area contributed by atoms with Gasteiger partial charge in [0.2, 0.25) is 0 Å². The smallest absolute Gasteiger partial charge is 0.255 e. The summed E-state index contributed by atoms with van der Waals surface area (Å²) in [4.78, 5) is 19.0. The van der Waals surface area contributed by atoms with E-state index in [4.69, 9.17) is 4.74 Å². The van der Waals surface area contributed by atoms with Crippen LogP contribution in [-0.2, 0) is 4.74 Å². The molecule has 2 aliphatic rings. The Morgan fingerprint density at radius 3 is 2.90 bits per heavy atom. The summed E-state index contributed by atoms with van der Waals surface area (Å²) in [6.07, 6.45) is 4.20. The van der Waals surface area contributed by atoms with Gasteiger partial charge in [-0.2, -0.15) is 0 Å². The van der Waals surface area contributed by atoms with Gasteiger partial charge in [0.1, 0.15) is 5.82 Å². The molecule has 1 aliphatic carbocycles. The number of nitrogens with one attached hydrogen (secondary N) is 1. The first-order chi connectivity index (χ1) is 9.75. The lowest BCUT2D eigenvalue weighted by Crippen LogP contribution is -2.39. The molecule has 1 N–H and O–H groups in total. The average Bonchev–Trinajstić information content (AvgIpc) is 3.33. The number of morpholine rings is 1. The van der Waals surface area contributed by atoms with Crippen LogP contribution in [0.25, 0.3) is 0 Å². The molecule has 0 aromatic carbocycles. The molecule has 0 spiro atoms. The number of hydrogen-bond acceptors (Lipinski definition) is 4. The second-order valence-electron chi connectivity index (χ2n) is 5.57. The number of carbonyl (C=O) groups excluding carboxylic acids is 1. The zero-order valence-corrected chi connectivity index (χ0v) is 11.8. The third kappa shape index (κ3) is 2.93. The van der Waals surface area contributed by atoms with Crippen molar-refractivity contribution in [3.05, 3.63) is 23.9 Å². The summed E-state index contributed by atoms with van der Waals surface area (Å²) in [6, 6.07) is 3.92. The minimum atomic E-state index is -0.0148. The van der Waals surface area contributed by atoms with E-state index in [1.807, 2.05) is 12.1 Å². The maximum atomic E-state index is 12.4. The molecule has 2 fully saturated rings. The normalized spacial score (nSPS) is 20.6. The predicted molar refractivity (Wildman–Crippen MR) is 76.9 cm³/mol. The van der Waals surface area contributed by atoms with Gasteiger partial charge in [-0.15, -0.1) is 0 Å². The third-order valence-corrected chi connectivity index (χ3v) is 4.03. The molecular weight excluding hydrogens is 254 g/mol. The van der Waals surface area contributed by atoms with Crippen LogP contribution in [0.1, 0.15) is 30.1 Å². The highest BCUT2D eigenvalue weighted by molar-refractivity contribution is 5.99. The Kier molecular flexibility index (Phi) is 3.87. The fourth-order valence-corrected chi connectivity index (χ4v) is 2.60. The van der Waals surface area contributed by atoms with Crippen LogP contribution in [0.5, 0.6) is 0 Å². The van der Waals surface area contributed by atoms with E-state index in [0.29, 0.717) is 24.7 Å². The van der Waals surface area contributed by atoms with Crippen molar-refractivity contribution >= 4 is 11.7 Å². The van der Waals surface area contributed by atoms with Gasteiger partial charge in [0.15, 0.2) is 0 Å². The maximum Gasteiger partial charge on any atom is 0.255 e. The number of amides is 1. The fourth-order valence-electron chi connectivity index (χ4n) is 2.60. The molecule has 1 amide bonds. The van der Waals surface area contributed by atoms with E-state index < -0.39 is 0 Å². The highest BCUT2D eigenvalue weighted by Gasteiger charge is 2.30. The average molecular weight is 275 g/mol. The summed E-state index contributed by atoms with van der Waals surface area (Å²) in [7, 11) is 0. The summed E-state index contributed by atoms with van der Waals surface area (Å²) in [5, 5.41) is 3.10. The van der Waals surface area contributed by atoms with Gasteiger partial charge in [-0.25, -0.2) is 4.98 Å². The first-order valence-corrected chi connectivity index (χ1v) is 7.34. The quantitative estimate of drug-likeness (QED) is 0.903. The van der Waals surface area contributed by atoms with Gasteiger partial charge >= 0.3 is 0 Å². The van der Waals surface area contributed by atoms with Crippen LogP contribution in [0.2, 0.25) is 0 Å². The molecule has 1 aliphatic heterocycles. The van der Waals surface area contributed by atoms with Crippen molar-refractivity contribution in [2.45, 2.75) is 25.8 Å². The number of rotatable bonds is 4. The molecule has 3 rings (SSSR count). The van der Waals surface area contributed by atoms with Crippen LogP contribution in [-0.4, -0.2) is 43.2 Å². The van der Waals surface area contributed by atoms with Crippen molar-refractivity contribution < 1.29 is 9.53 Å². The summed E-state index contributed by atoms with van der Waals surface area (Å²) in [5.74, 6) is 1.41. The van der Waals surface area contributed by atoms with Gasteiger partial charge < -0.3 is 15.0 Å². The second kappa shape index (κ2) is 5.79. The molecule has 1 atom stereocenters. The molecule has 1 saturated heterocycles. The largest absolute Gasteiger partial charge is 0.378 e. The summed E-state index contributed by atoms with van der Waals surface area (Å²) >= 11 is 0. The molecule has 5 heteroatoms. The fraction of sp³-hybridized carbons (Fsp3) is 0.600. The summed E-state index contributed by atoms with van der Waals surface area (Å²) in [5.41, 5.74) is 0.668.